The zero-order valence-electron chi connectivity index (χ0n) is 14.6. The van der Waals surface area contributed by atoms with E-state index >= 15 is 0 Å². The predicted octanol–water partition coefficient (Wildman–Crippen LogP) is 4.72. The quantitative estimate of drug-likeness (QED) is 0.515. The summed E-state index contributed by atoms with van der Waals surface area (Å²) in [6.45, 7) is 7.22. The molecule has 4 aromatic rings. The van der Waals surface area contributed by atoms with E-state index in [1.165, 1.54) is 0 Å². The Labute approximate surface area is 166 Å². The van der Waals surface area contributed by atoms with Crippen molar-refractivity contribution in [1.29, 1.82) is 0 Å². The van der Waals surface area contributed by atoms with Gasteiger partial charge in [-0.1, -0.05) is 23.7 Å². The van der Waals surface area contributed by atoms with Crippen LogP contribution in [-0.4, -0.2) is 20.5 Å². The number of amides is 1. The minimum absolute atomic E-state index is 0.279. The van der Waals surface area contributed by atoms with E-state index in [1.54, 1.807) is 41.2 Å². The molecule has 1 N–H and O–H groups in total. The van der Waals surface area contributed by atoms with Crippen LogP contribution in [0.2, 0.25) is 5.02 Å². The first kappa shape index (κ1) is 17.7. The average molecular weight is 388 g/mol. The number of carbonyl (C=O) groups is 1. The summed E-state index contributed by atoms with van der Waals surface area (Å²) in [7, 11) is 0. The summed E-state index contributed by atoms with van der Waals surface area (Å²) in [4.78, 5) is 20.5. The van der Waals surface area contributed by atoms with Crippen LogP contribution in [0.4, 0.5) is 5.69 Å². The van der Waals surface area contributed by atoms with Gasteiger partial charge in [-0.3, -0.25) is 4.79 Å². The largest absolute Gasteiger partial charge is 0.321 e. The van der Waals surface area contributed by atoms with E-state index in [0.29, 0.717) is 22.9 Å². The number of carbonyl (C=O) groups excluding carboxylic acids is 1. The van der Waals surface area contributed by atoms with Crippen molar-refractivity contribution in [3.05, 3.63) is 94.7 Å². The average Bonchev–Trinajstić information content (AvgIpc) is 3.13. The molecule has 0 atom stereocenters. The molecule has 0 aliphatic heterocycles. The number of fused-ring (bicyclic) bond motifs is 1. The molecule has 2 aromatic carbocycles. The summed E-state index contributed by atoms with van der Waals surface area (Å²) in [6, 6.07) is 16.2. The molecule has 0 aliphatic rings. The number of rotatable bonds is 4. The molecule has 1 amide bonds. The van der Waals surface area contributed by atoms with Crippen molar-refractivity contribution in [2.24, 2.45) is 0 Å². The second-order valence-corrected chi connectivity index (χ2v) is 6.55. The molecule has 7 heteroatoms. The number of benzene rings is 2. The van der Waals surface area contributed by atoms with Crippen LogP contribution in [0, 0.1) is 6.57 Å². The fourth-order valence-electron chi connectivity index (χ4n) is 2.83. The topological polar surface area (TPSA) is 63.7 Å². The zero-order chi connectivity index (χ0) is 19.5. The molecule has 0 aliphatic carbocycles. The van der Waals surface area contributed by atoms with Crippen LogP contribution in [0.3, 0.4) is 0 Å². The van der Waals surface area contributed by atoms with Gasteiger partial charge in [0.2, 0.25) is 6.54 Å². The lowest BCUT2D eigenvalue weighted by Crippen LogP contribution is -2.14. The van der Waals surface area contributed by atoms with E-state index < -0.39 is 0 Å². The number of hydrogen-bond acceptors (Lipinski definition) is 3. The van der Waals surface area contributed by atoms with Gasteiger partial charge < -0.3 is 10.2 Å². The fraction of sp³-hybridized carbons (Fsp3) is 0.0476. The van der Waals surface area contributed by atoms with Crippen LogP contribution in [0.15, 0.2) is 67.0 Å². The monoisotopic (exact) mass is 387 g/mol. The zero-order valence-corrected chi connectivity index (χ0v) is 15.4. The van der Waals surface area contributed by atoms with Crippen LogP contribution >= 0.6 is 11.6 Å². The lowest BCUT2D eigenvalue weighted by molar-refractivity contribution is 0.102. The number of nitrogens with zero attached hydrogens (tertiary/aromatic N) is 4. The van der Waals surface area contributed by atoms with Gasteiger partial charge >= 0.3 is 0 Å². The second kappa shape index (κ2) is 7.51. The Kier molecular flexibility index (Phi) is 4.75. The highest BCUT2D eigenvalue weighted by atomic mass is 35.5. The van der Waals surface area contributed by atoms with Gasteiger partial charge in [0.1, 0.15) is 5.69 Å². The Hall–Kier alpha value is -3.69. The van der Waals surface area contributed by atoms with Gasteiger partial charge in [0, 0.05) is 28.0 Å². The molecule has 0 radical (unpaired) electrons. The van der Waals surface area contributed by atoms with E-state index in [4.69, 9.17) is 18.2 Å². The Morgan fingerprint density at radius 1 is 1.18 bits per heavy atom. The smallest absolute Gasteiger partial charge is 0.274 e. The summed E-state index contributed by atoms with van der Waals surface area (Å²) < 4.78 is 1.62. The van der Waals surface area contributed by atoms with Gasteiger partial charge in [-0.2, -0.15) is 5.10 Å². The molecular formula is C21H14ClN5O. The molecule has 0 saturated heterocycles. The first-order valence-electron chi connectivity index (χ1n) is 8.48. The fourth-order valence-corrected chi connectivity index (χ4v) is 3.03. The van der Waals surface area contributed by atoms with Crippen molar-refractivity contribution >= 4 is 28.8 Å². The van der Waals surface area contributed by atoms with Crippen molar-refractivity contribution in [3.63, 3.8) is 0 Å². The second-order valence-electron chi connectivity index (χ2n) is 6.12. The Morgan fingerprint density at radius 3 is 2.75 bits per heavy atom. The first-order chi connectivity index (χ1) is 13.6. The Morgan fingerprint density at radius 2 is 2.00 bits per heavy atom. The van der Waals surface area contributed by atoms with Crippen LogP contribution in [0.25, 0.3) is 21.6 Å². The van der Waals surface area contributed by atoms with Gasteiger partial charge in [0.15, 0.2) is 5.65 Å². The summed E-state index contributed by atoms with van der Waals surface area (Å²) in [6.07, 6.45) is 3.40. The van der Waals surface area contributed by atoms with E-state index in [1.807, 2.05) is 30.3 Å². The minimum atomic E-state index is -0.321. The SMILES string of the molecule is [C-]#[N+]Cc1ccc(NC(=O)c2ccn3ncc(-c4cccc(Cl)c4)c3n2)cc1. The molecule has 0 unspecified atom stereocenters. The van der Waals surface area contributed by atoms with Crippen LogP contribution in [0.5, 0.6) is 0 Å². The van der Waals surface area contributed by atoms with E-state index in [9.17, 15) is 4.79 Å². The number of nitrogens with one attached hydrogen (secondary N) is 1. The van der Waals surface area contributed by atoms with Crippen molar-refractivity contribution in [3.8, 4) is 11.1 Å². The maximum atomic E-state index is 12.6. The van der Waals surface area contributed by atoms with Crippen LogP contribution < -0.4 is 5.32 Å². The van der Waals surface area contributed by atoms with E-state index in [-0.39, 0.29) is 11.6 Å². The molecule has 2 heterocycles. The lowest BCUT2D eigenvalue weighted by Gasteiger charge is -2.06. The lowest BCUT2D eigenvalue weighted by atomic mass is 10.1. The van der Waals surface area contributed by atoms with Crippen molar-refractivity contribution in [2.75, 3.05) is 5.32 Å². The third-order valence-corrected chi connectivity index (χ3v) is 4.45. The number of aromatic nitrogens is 3. The highest BCUT2D eigenvalue weighted by Crippen LogP contribution is 2.26. The molecule has 4 rings (SSSR count). The van der Waals surface area contributed by atoms with Crippen LogP contribution in [0.1, 0.15) is 16.1 Å². The summed E-state index contributed by atoms with van der Waals surface area (Å²) in [5, 5.41) is 7.73. The van der Waals surface area contributed by atoms with Gasteiger partial charge in [0.25, 0.3) is 5.91 Å². The van der Waals surface area contributed by atoms with Gasteiger partial charge in [-0.15, -0.1) is 0 Å². The van der Waals surface area contributed by atoms with Crippen molar-refractivity contribution < 1.29 is 4.79 Å². The highest BCUT2D eigenvalue weighted by Gasteiger charge is 2.13. The molecular weight excluding hydrogens is 374 g/mol. The summed E-state index contributed by atoms with van der Waals surface area (Å²) >= 11 is 6.09. The number of halogens is 1. The van der Waals surface area contributed by atoms with Crippen molar-refractivity contribution in [1.82, 2.24) is 14.6 Å². The van der Waals surface area contributed by atoms with Crippen LogP contribution in [-0.2, 0) is 6.54 Å². The van der Waals surface area contributed by atoms with E-state index in [2.05, 4.69) is 20.2 Å². The molecule has 0 bridgehead atoms. The molecule has 28 heavy (non-hydrogen) atoms. The molecule has 0 fully saturated rings. The van der Waals surface area contributed by atoms with Gasteiger partial charge in [0.05, 0.1) is 6.20 Å². The normalized spacial score (nSPS) is 10.6. The minimum Gasteiger partial charge on any atom is -0.321 e. The Bertz CT molecular complexity index is 1210. The molecule has 0 saturated carbocycles. The standard InChI is InChI=1S/C21H14ClN5O/c1-23-12-14-5-7-17(8-6-14)25-21(28)19-9-10-27-20(26-19)18(13-24-27)15-3-2-4-16(22)11-15/h2-11,13H,12H2,(H,25,28). The summed E-state index contributed by atoms with van der Waals surface area (Å²) in [5.41, 5.74) is 4.06. The number of anilines is 1. The molecule has 2 aromatic heterocycles. The maximum Gasteiger partial charge on any atom is 0.274 e. The molecule has 0 spiro atoms. The van der Waals surface area contributed by atoms with Gasteiger partial charge in [-0.05, 0) is 48.0 Å². The van der Waals surface area contributed by atoms with Gasteiger partial charge in [-0.25, -0.2) is 16.1 Å². The first-order valence-corrected chi connectivity index (χ1v) is 8.86. The predicted molar refractivity (Wildman–Crippen MR) is 108 cm³/mol. The third-order valence-electron chi connectivity index (χ3n) is 4.21. The highest BCUT2D eigenvalue weighted by molar-refractivity contribution is 6.30. The Balaban J connectivity index is 1.63. The van der Waals surface area contributed by atoms with Crippen molar-refractivity contribution in [2.45, 2.75) is 6.54 Å². The molecule has 136 valence electrons. The summed E-state index contributed by atoms with van der Waals surface area (Å²) in [5.74, 6) is -0.321. The molecule has 6 nitrogen and oxygen atoms in total. The maximum absolute atomic E-state index is 12.6. The van der Waals surface area contributed by atoms with E-state index in [0.717, 1.165) is 16.7 Å². The number of hydrogen-bond donors (Lipinski definition) is 1. The third kappa shape index (κ3) is 3.56.